The molecule has 0 saturated heterocycles. The first-order valence-electron chi connectivity index (χ1n) is 13.2. The second-order valence-electron chi connectivity index (χ2n) is 8.93. The van der Waals surface area contributed by atoms with E-state index in [1.54, 1.807) is 13.0 Å². The third-order valence-electron chi connectivity index (χ3n) is 5.64. The molecule has 37 heavy (non-hydrogen) atoms. The molecule has 1 aromatic carbocycles. The topological polar surface area (TPSA) is 111 Å². The zero-order chi connectivity index (χ0) is 27.0. The molecule has 0 aliphatic rings. The van der Waals surface area contributed by atoms with Gasteiger partial charge >= 0.3 is 17.2 Å². The molecule has 1 aromatic heterocycles. The largest absolute Gasteiger partial charge is 0.493 e. The van der Waals surface area contributed by atoms with Crippen LogP contribution in [0.2, 0.25) is 0 Å². The summed E-state index contributed by atoms with van der Waals surface area (Å²) in [6.45, 7) is 7.13. The van der Waals surface area contributed by atoms with E-state index in [0.717, 1.165) is 30.3 Å². The van der Waals surface area contributed by atoms with Gasteiger partial charge in [-0.25, -0.2) is 9.48 Å². The van der Waals surface area contributed by atoms with Crippen LogP contribution >= 0.6 is 0 Å². The highest BCUT2D eigenvalue weighted by molar-refractivity contribution is 5.68. The van der Waals surface area contributed by atoms with E-state index in [1.165, 1.54) is 18.2 Å². The Morgan fingerprint density at radius 2 is 1.68 bits per heavy atom. The molecule has 10 heteroatoms. The van der Waals surface area contributed by atoms with Crippen molar-refractivity contribution < 1.29 is 23.7 Å². The van der Waals surface area contributed by atoms with Gasteiger partial charge < -0.3 is 18.9 Å². The molecule has 0 aliphatic carbocycles. The Labute approximate surface area is 218 Å². The van der Waals surface area contributed by atoms with Crippen molar-refractivity contribution in [2.24, 2.45) is 7.05 Å². The smallest absolute Gasteiger partial charge is 0.347 e. The summed E-state index contributed by atoms with van der Waals surface area (Å²) in [7, 11) is 1.44. The van der Waals surface area contributed by atoms with Crippen molar-refractivity contribution in [2.45, 2.75) is 84.8 Å². The minimum atomic E-state index is -0.529. The van der Waals surface area contributed by atoms with Crippen molar-refractivity contribution in [1.82, 2.24) is 14.3 Å². The van der Waals surface area contributed by atoms with Crippen LogP contribution in [0.4, 0.5) is 0 Å². The molecular weight excluding hydrogens is 478 g/mol. The molecule has 0 amide bonds. The monoisotopic (exact) mass is 519 g/mol. The van der Waals surface area contributed by atoms with Crippen molar-refractivity contribution in [3.63, 3.8) is 0 Å². The molecule has 0 fully saturated rings. The quantitative estimate of drug-likeness (QED) is 0.216. The zero-order valence-corrected chi connectivity index (χ0v) is 22.6. The van der Waals surface area contributed by atoms with E-state index >= 15 is 0 Å². The maximum atomic E-state index is 12.4. The molecule has 10 nitrogen and oxygen atoms in total. The van der Waals surface area contributed by atoms with E-state index < -0.39 is 11.2 Å². The highest BCUT2D eigenvalue weighted by Crippen LogP contribution is 2.21. The van der Waals surface area contributed by atoms with Gasteiger partial charge in [0.1, 0.15) is 24.2 Å². The lowest BCUT2D eigenvalue weighted by molar-refractivity contribution is -0.145. The number of carbonyl (C=O) groups excluding carboxylic acids is 1. The first kappa shape index (κ1) is 29.9. The number of hydrogen-bond donors (Lipinski definition) is 0. The summed E-state index contributed by atoms with van der Waals surface area (Å²) in [5, 5.41) is 4.15. The van der Waals surface area contributed by atoms with Gasteiger partial charge in [-0.2, -0.15) is 0 Å². The minimum absolute atomic E-state index is 0.0554. The summed E-state index contributed by atoms with van der Waals surface area (Å²) < 4.78 is 24.6. The fourth-order valence-corrected chi connectivity index (χ4v) is 3.48. The Hall–Kier alpha value is -3.30. The summed E-state index contributed by atoms with van der Waals surface area (Å²) >= 11 is 0. The molecular formula is C27H41N3O7. The Balaban J connectivity index is 1.75. The average Bonchev–Trinajstić information content (AvgIpc) is 2.90. The molecule has 1 atom stereocenters. The average molecular weight is 520 g/mol. The number of ether oxygens (including phenoxy) is 4. The van der Waals surface area contributed by atoms with E-state index in [2.05, 4.69) is 12.0 Å². The van der Waals surface area contributed by atoms with Crippen LogP contribution in [0.3, 0.4) is 0 Å². The molecule has 1 heterocycles. The molecule has 0 saturated carbocycles. The molecule has 2 aromatic rings. The van der Waals surface area contributed by atoms with Gasteiger partial charge in [0, 0.05) is 26.1 Å². The molecule has 2 rings (SSSR count). The number of esters is 1. The Bertz CT molecular complexity index is 1080. The van der Waals surface area contributed by atoms with Gasteiger partial charge in [0.15, 0.2) is 0 Å². The summed E-state index contributed by atoms with van der Waals surface area (Å²) in [6.07, 6.45) is 6.70. The predicted molar refractivity (Wildman–Crippen MR) is 141 cm³/mol. The van der Waals surface area contributed by atoms with E-state index in [4.69, 9.17) is 18.9 Å². The Morgan fingerprint density at radius 1 is 0.973 bits per heavy atom. The van der Waals surface area contributed by atoms with Gasteiger partial charge in [-0.05, 0) is 38.3 Å². The molecule has 0 spiro atoms. The maximum Gasteiger partial charge on any atom is 0.347 e. The molecule has 0 bridgehead atoms. The van der Waals surface area contributed by atoms with Crippen LogP contribution in [0.25, 0.3) is 0 Å². The van der Waals surface area contributed by atoms with Crippen molar-refractivity contribution in [3.8, 4) is 17.4 Å². The molecule has 206 valence electrons. The molecule has 0 aliphatic heterocycles. The van der Waals surface area contributed by atoms with E-state index in [0.29, 0.717) is 43.9 Å². The lowest BCUT2D eigenvalue weighted by atomic mass is 10.1. The summed E-state index contributed by atoms with van der Waals surface area (Å²) in [5.74, 6) is 0.980. The van der Waals surface area contributed by atoms with Crippen LogP contribution in [0.5, 0.6) is 17.4 Å². The number of nitrogens with zero attached hydrogens (tertiary/aromatic N) is 3. The highest BCUT2D eigenvalue weighted by Gasteiger charge is 2.12. The number of aromatic nitrogens is 3. The summed E-state index contributed by atoms with van der Waals surface area (Å²) in [6, 6.07) is 7.27. The number of hydrogen-bond acceptors (Lipinski definition) is 8. The number of rotatable bonds is 18. The maximum absolute atomic E-state index is 12.4. The molecule has 1 unspecified atom stereocenters. The second-order valence-corrected chi connectivity index (χ2v) is 8.93. The fourth-order valence-electron chi connectivity index (χ4n) is 3.48. The lowest BCUT2D eigenvalue weighted by Crippen LogP contribution is -2.40. The van der Waals surface area contributed by atoms with Gasteiger partial charge in [0.2, 0.25) is 0 Å². The van der Waals surface area contributed by atoms with Crippen molar-refractivity contribution >= 4 is 5.97 Å². The SMILES string of the molecule is CCCCCCCn1nc(OCCCCOc2cccc(OC(C)COC(=O)CC)c2)c(=O)n(C)c1=O. The standard InChI is InChI=1S/C27H41N3O7/c1-5-7-8-9-10-16-30-27(33)29(4)26(32)25(28-30)35-18-12-11-17-34-22-14-13-15-23(19-22)37-21(3)20-36-24(31)6-2/h13-15,19,21H,5-12,16-18,20H2,1-4H3. The summed E-state index contributed by atoms with van der Waals surface area (Å²) in [4.78, 5) is 36.0. The van der Waals surface area contributed by atoms with Gasteiger partial charge in [0.25, 0.3) is 5.88 Å². The zero-order valence-electron chi connectivity index (χ0n) is 22.6. The van der Waals surface area contributed by atoms with Crippen LogP contribution < -0.4 is 25.5 Å². The third kappa shape index (κ3) is 10.7. The minimum Gasteiger partial charge on any atom is -0.493 e. The van der Waals surface area contributed by atoms with Crippen LogP contribution in [0.15, 0.2) is 33.9 Å². The number of benzene rings is 1. The van der Waals surface area contributed by atoms with E-state index in [1.807, 2.05) is 25.1 Å². The fraction of sp³-hybridized carbons (Fsp3) is 0.630. The van der Waals surface area contributed by atoms with Crippen molar-refractivity contribution in [3.05, 3.63) is 45.1 Å². The number of aryl methyl sites for hydroxylation is 1. The van der Waals surface area contributed by atoms with Gasteiger partial charge in [-0.3, -0.25) is 14.2 Å². The van der Waals surface area contributed by atoms with Crippen molar-refractivity contribution in [2.75, 3.05) is 19.8 Å². The first-order chi connectivity index (χ1) is 17.8. The second kappa shape index (κ2) is 16.4. The predicted octanol–water partition coefficient (Wildman–Crippen LogP) is 3.87. The van der Waals surface area contributed by atoms with Gasteiger partial charge in [-0.15, -0.1) is 5.10 Å². The Morgan fingerprint density at radius 3 is 2.41 bits per heavy atom. The molecule has 0 N–H and O–H groups in total. The third-order valence-corrected chi connectivity index (χ3v) is 5.64. The number of unbranched alkanes of at least 4 members (excludes halogenated alkanes) is 5. The van der Waals surface area contributed by atoms with Crippen LogP contribution in [-0.4, -0.2) is 46.2 Å². The lowest BCUT2D eigenvalue weighted by Gasteiger charge is -2.15. The van der Waals surface area contributed by atoms with E-state index in [-0.39, 0.29) is 31.2 Å². The highest BCUT2D eigenvalue weighted by atomic mass is 16.6. The normalized spacial score (nSPS) is 11.7. The van der Waals surface area contributed by atoms with Crippen LogP contribution in [-0.2, 0) is 23.1 Å². The van der Waals surface area contributed by atoms with Crippen LogP contribution in [0, 0.1) is 0 Å². The van der Waals surface area contributed by atoms with Gasteiger partial charge in [0.05, 0.1) is 13.2 Å². The van der Waals surface area contributed by atoms with Gasteiger partial charge in [-0.1, -0.05) is 45.6 Å². The van der Waals surface area contributed by atoms with Crippen LogP contribution in [0.1, 0.15) is 72.1 Å². The Kier molecular flexibility index (Phi) is 13.3. The van der Waals surface area contributed by atoms with Crippen molar-refractivity contribution in [1.29, 1.82) is 0 Å². The number of carbonyl (C=O) groups is 1. The van der Waals surface area contributed by atoms with E-state index in [9.17, 15) is 14.4 Å². The first-order valence-corrected chi connectivity index (χ1v) is 13.2. The summed E-state index contributed by atoms with van der Waals surface area (Å²) in [5.41, 5.74) is -0.956. The molecule has 0 radical (unpaired) electrons.